The Morgan fingerprint density at radius 3 is 2.50 bits per heavy atom. The Balaban J connectivity index is 1.62. The summed E-state index contributed by atoms with van der Waals surface area (Å²) in [6, 6.07) is 14.1. The van der Waals surface area contributed by atoms with Crippen molar-refractivity contribution in [3.63, 3.8) is 0 Å². The molecule has 0 aliphatic heterocycles. The molecule has 0 aliphatic carbocycles. The number of aliphatic hydroxyl groups excluding tert-OH is 1. The maximum Gasteiger partial charge on any atom is 0.329 e. The van der Waals surface area contributed by atoms with Gasteiger partial charge in [0.05, 0.1) is 19.4 Å². The van der Waals surface area contributed by atoms with E-state index in [-0.39, 0.29) is 30.3 Å². The molecule has 0 bridgehead atoms. The van der Waals surface area contributed by atoms with Crippen LogP contribution in [0.2, 0.25) is 5.02 Å². The first kappa shape index (κ1) is 25.0. The van der Waals surface area contributed by atoms with E-state index in [1.807, 2.05) is 12.1 Å². The third-order valence-corrected chi connectivity index (χ3v) is 5.74. The van der Waals surface area contributed by atoms with E-state index in [9.17, 15) is 14.7 Å². The molecule has 12 heteroatoms. The molecule has 36 heavy (non-hydrogen) atoms. The number of benzene rings is 2. The summed E-state index contributed by atoms with van der Waals surface area (Å²) < 4.78 is 13.5. The van der Waals surface area contributed by atoms with Gasteiger partial charge in [-0.25, -0.2) is 10.2 Å². The number of methoxy groups -OCH3 is 1. The summed E-state index contributed by atoms with van der Waals surface area (Å²) in [5.74, 6) is 1.41. The van der Waals surface area contributed by atoms with Crippen molar-refractivity contribution in [1.82, 2.24) is 19.1 Å². The summed E-state index contributed by atoms with van der Waals surface area (Å²) in [7, 11) is 3.06. The van der Waals surface area contributed by atoms with Crippen molar-refractivity contribution in [1.29, 1.82) is 0 Å². The molecule has 2 aromatic heterocycles. The number of hydrogen-bond donors (Lipinski definition) is 3. The summed E-state index contributed by atoms with van der Waals surface area (Å²) in [4.78, 5) is 31.4. The molecule has 0 amide bonds. The van der Waals surface area contributed by atoms with E-state index in [1.165, 1.54) is 16.2 Å². The fourth-order valence-corrected chi connectivity index (χ4v) is 3.64. The van der Waals surface area contributed by atoms with Gasteiger partial charge in [-0.3, -0.25) is 14.3 Å². The lowest BCUT2D eigenvalue weighted by molar-refractivity contribution is 0.0938. The first-order chi connectivity index (χ1) is 17.3. The number of rotatable bonds is 9. The van der Waals surface area contributed by atoms with Crippen molar-refractivity contribution in [2.75, 3.05) is 19.1 Å². The summed E-state index contributed by atoms with van der Waals surface area (Å²) >= 11 is 5.96. The van der Waals surface area contributed by atoms with Crippen LogP contribution in [-0.4, -0.2) is 49.7 Å². The van der Waals surface area contributed by atoms with Crippen LogP contribution in [0.15, 0.2) is 63.2 Å². The number of aromatic amines is 1. The van der Waals surface area contributed by atoms with Gasteiger partial charge >= 0.3 is 5.69 Å². The monoisotopic (exact) mass is 512 g/mol. The van der Waals surface area contributed by atoms with E-state index in [2.05, 4.69) is 20.5 Å². The number of hydrazone groups is 1. The van der Waals surface area contributed by atoms with E-state index < -0.39 is 17.4 Å². The number of H-pyrrole nitrogens is 1. The minimum absolute atomic E-state index is 0.0498. The quantitative estimate of drug-likeness (QED) is 0.231. The van der Waals surface area contributed by atoms with Crippen LogP contribution in [0.5, 0.6) is 11.5 Å². The van der Waals surface area contributed by atoms with Gasteiger partial charge in [0.25, 0.3) is 5.56 Å². The van der Waals surface area contributed by atoms with E-state index in [4.69, 9.17) is 21.1 Å². The topological polar surface area (TPSA) is 136 Å². The molecule has 11 nitrogen and oxygen atoms in total. The molecule has 0 radical (unpaired) electrons. The van der Waals surface area contributed by atoms with Crippen molar-refractivity contribution in [3.05, 3.63) is 80.0 Å². The first-order valence-corrected chi connectivity index (χ1v) is 11.4. The van der Waals surface area contributed by atoms with Crippen LogP contribution < -0.4 is 26.1 Å². The number of fused-ring (bicyclic) bond motifs is 1. The third kappa shape index (κ3) is 5.42. The summed E-state index contributed by atoms with van der Waals surface area (Å²) in [5.41, 5.74) is 3.34. The van der Waals surface area contributed by atoms with Gasteiger partial charge in [-0.2, -0.15) is 10.1 Å². The van der Waals surface area contributed by atoms with Crippen molar-refractivity contribution in [2.45, 2.75) is 19.6 Å². The molecule has 3 N–H and O–H groups in total. The second kappa shape index (κ2) is 10.7. The van der Waals surface area contributed by atoms with Crippen molar-refractivity contribution < 1.29 is 14.6 Å². The summed E-state index contributed by atoms with van der Waals surface area (Å²) in [6.07, 6.45) is -1.01. The van der Waals surface area contributed by atoms with Crippen LogP contribution in [0.25, 0.3) is 11.2 Å². The van der Waals surface area contributed by atoms with E-state index in [0.29, 0.717) is 22.2 Å². The zero-order chi connectivity index (χ0) is 25.8. The van der Waals surface area contributed by atoms with Gasteiger partial charge in [0.1, 0.15) is 24.2 Å². The molecule has 1 atom stereocenters. The maximum atomic E-state index is 12.7. The van der Waals surface area contributed by atoms with Crippen LogP contribution in [0.1, 0.15) is 12.5 Å². The Hall–Kier alpha value is -4.09. The summed E-state index contributed by atoms with van der Waals surface area (Å²) in [6.45, 7) is 1.69. The van der Waals surface area contributed by atoms with Crippen molar-refractivity contribution in [3.8, 4) is 11.5 Å². The zero-order valence-electron chi connectivity index (χ0n) is 19.9. The number of ether oxygens (including phenoxy) is 2. The van der Waals surface area contributed by atoms with Gasteiger partial charge < -0.3 is 19.1 Å². The lowest BCUT2D eigenvalue weighted by Gasteiger charge is -2.15. The van der Waals surface area contributed by atoms with E-state index in [1.54, 1.807) is 50.4 Å². The Labute approximate surface area is 210 Å². The number of hydrogen-bond acceptors (Lipinski definition) is 8. The molecule has 0 fully saturated rings. The van der Waals surface area contributed by atoms with Crippen LogP contribution in [0, 0.1) is 0 Å². The van der Waals surface area contributed by atoms with Gasteiger partial charge in [-0.1, -0.05) is 23.7 Å². The minimum Gasteiger partial charge on any atom is -0.497 e. The number of aliphatic hydroxyl groups is 1. The number of halogens is 1. The zero-order valence-corrected chi connectivity index (χ0v) is 20.6. The molecule has 188 valence electrons. The number of anilines is 1. The van der Waals surface area contributed by atoms with Crippen LogP contribution >= 0.6 is 11.6 Å². The molecule has 0 aliphatic rings. The molecular formula is C24H25ClN6O5. The molecular weight excluding hydrogens is 488 g/mol. The van der Waals surface area contributed by atoms with Crippen LogP contribution in [-0.2, 0) is 13.6 Å². The minimum atomic E-state index is -1.01. The Kier molecular flexibility index (Phi) is 7.41. The average molecular weight is 513 g/mol. The van der Waals surface area contributed by atoms with E-state index >= 15 is 0 Å². The predicted molar refractivity (Wildman–Crippen MR) is 137 cm³/mol. The van der Waals surface area contributed by atoms with Gasteiger partial charge in [0, 0.05) is 12.1 Å². The molecule has 4 aromatic rings. The lowest BCUT2D eigenvalue weighted by atomic mass is 10.1. The lowest BCUT2D eigenvalue weighted by Crippen LogP contribution is -2.30. The standard InChI is InChI=1S/C24H25ClN6O5/c1-14(15-4-6-16(25)7-5-15)28-29-23-26-21-20(22(33)27-24(34)30(21)2)31(23)12-17(32)13-36-19-10-8-18(35-3)9-11-19/h4-11,17,32H,12-13H2,1-3H3,(H,26,29)(H,27,33,34)/t17-/m0/s1. The molecule has 2 aromatic carbocycles. The highest BCUT2D eigenvalue weighted by Crippen LogP contribution is 2.19. The highest BCUT2D eigenvalue weighted by atomic mass is 35.5. The maximum absolute atomic E-state index is 12.7. The third-order valence-electron chi connectivity index (χ3n) is 5.49. The molecule has 0 saturated heterocycles. The average Bonchev–Trinajstić information content (AvgIpc) is 3.24. The first-order valence-electron chi connectivity index (χ1n) is 11.0. The summed E-state index contributed by atoms with van der Waals surface area (Å²) in [5, 5.41) is 15.7. The largest absolute Gasteiger partial charge is 0.497 e. The number of nitrogens with zero attached hydrogens (tertiary/aromatic N) is 4. The predicted octanol–water partition coefficient (Wildman–Crippen LogP) is 2.36. The van der Waals surface area contributed by atoms with Crippen LogP contribution in [0.4, 0.5) is 5.95 Å². The normalized spacial score (nSPS) is 12.5. The Morgan fingerprint density at radius 2 is 1.83 bits per heavy atom. The van der Waals surface area contributed by atoms with Gasteiger partial charge in [-0.05, 0) is 48.9 Å². The fraction of sp³-hybridized carbons (Fsp3) is 0.250. The molecule has 4 rings (SSSR count). The number of nitrogens with one attached hydrogen (secondary N) is 2. The Bertz CT molecular complexity index is 1510. The van der Waals surface area contributed by atoms with Gasteiger partial charge in [-0.15, -0.1) is 0 Å². The SMILES string of the molecule is COc1ccc(OC[C@@H](O)Cn2c(NN=C(C)c3ccc(Cl)cc3)nc3c2c(=O)[nH]c(=O)n3C)cc1. The second-order valence-corrected chi connectivity index (χ2v) is 8.43. The number of aryl methyl sites for hydroxylation is 1. The Morgan fingerprint density at radius 1 is 1.17 bits per heavy atom. The van der Waals surface area contributed by atoms with Gasteiger partial charge in [0.2, 0.25) is 5.95 Å². The molecule has 0 unspecified atom stereocenters. The number of imidazole rings is 1. The second-order valence-electron chi connectivity index (χ2n) is 7.99. The van der Waals surface area contributed by atoms with Gasteiger partial charge in [0.15, 0.2) is 11.2 Å². The highest BCUT2D eigenvalue weighted by molar-refractivity contribution is 6.30. The highest BCUT2D eigenvalue weighted by Gasteiger charge is 2.20. The molecule has 2 heterocycles. The number of aromatic nitrogens is 4. The van der Waals surface area contributed by atoms with Crippen molar-refractivity contribution in [2.24, 2.45) is 12.1 Å². The molecule has 0 spiro atoms. The smallest absolute Gasteiger partial charge is 0.329 e. The fourth-order valence-electron chi connectivity index (χ4n) is 3.51. The van der Waals surface area contributed by atoms with Crippen LogP contribution in [0.3, 0.4) is 0 Å². The van der Waals surface area contributed by atoms with Crippen molar-refractivity contribution >= 4 is 34.4 Å². The molecule has 0 saturated carbocycles. The van der Waals surface area contributed by atoms with E-state index in [0.717, 1.165) is 5.56 Å².